The molecule has 16 heavy (non-hydrogen) atoms. The van der Waals surface area contributed by atoms with Crippen molar-refractivity contribution < 1.29 is 0 Å². The van der Waals surface area contributed by atoms with Gasteiger partial charge in [0.1, 0.15) is 0 Å². The minimum Gasteiger partial charge on any atom is -0.356 e. The summed E-state index contributed by atoms with van der Waals surface area (Å²) >= 11 is 6.22. The Morgan fingerprint density at radius 2 is 2.25 bits per heavy atom. The van der Waals surface area contributed by atoms with Crippen LogP contribution in [0.15, 0.2) is 30.6 Å². The minimum atomic E-state index is 0.733. The van der Waals surface area contributed by atoms with Crippen molar-refractivity contribution in [2.24, 2.45) is 0 Å². The van der Waals surface area contributed by atoms with Gasteiger partial charge in [-0.3, -0.25) is 4.57 Å². The predicted octanol–water partition coefficient (Wildman–Crippen LogP) is 3.27. The molecule has 0 atom stereocenters. The maximum absolute atomic E-state index is 6.22. The van der Waals surface area contributed by atoms with Crippen molar-refractivity contribution >= 4 is 17.5 Å². The molecule has 0 aliphatic heterocycles. The van der Waals surface area contributed by atoms with Gasteiger partial charge in [0.2, 0.25) is 5.95 Å². The van der Waals surface area contributed by atoms with Crippen molar-refractivity contribution in [1.82, 2.24) is 9.55 Å². The van der Waals surface area contributed by atoms with Crippen LogP contribution in [0.2, 0.25) is 5.02 Å². The standard InChI is InChI=1S/C12H14ClN3/c1-3-14-12-15-6-7-16(12)11-5-4-9(2)8-10(11)13/h4-8H,3H2,1-2H3,(H,14,15). The number of rotatable bonds is 3. The zero-order valence-corrected chi connectivity index (χ0v) is 10.1. The van der Waals surface area contributed by atoms with Crippen LogP contribution in [0.4, 0.5) is 5.95 Å². The van der Waals surface area contributed by atoms with Crippen LogP contribution in [0.5, 0.6) is 0 Å². The number of nitrogens with zero attached hydrogens (tertiary/aromatic N) is 2. The lowest BCUT2D eigenvalue weighted by molar-refractivity contribution is 1.02. The highest BCUT2D eigenvalue weighted by Gasteiger charge is 2.07. The number of aromatic nitrogens is 2. The van der Waals surface area contributed by atoms with Crippen LogP contribution in [0.1, 0.15) is 12.5 Å². The molecule has 1 N–H and O–H groups in total. The van der Waals surface area contributed by atoms with Gasteiger partial charge in [-0.1, -0.05) is 17.7 Å². The minimum absolute atomic E-state index is 0.733. The summed E-state index contributed by atoms with van der Waals surface area (Å²) in [6.45, 7) is 4.89. The molecule has 2 aromatic rings. The largest absolute Gasteiger partial charge is 0.356 e. The summed E-state index contributed by atoms with van der Waals surface area (Å²) in [7, 11) is 0. The Morgan fingerprint density at radius 3 is 2.94 bits per heavy atom. The molecule has 0 spiro atoms. The lowest BCUT2D eigenvalue weighted by Crippen LogP contribution is -2.05. The van der Waals surface area contributed by atoms with Crippen LogP contribution < -0.4 is 5.32 Å². The third-order valence-electron chi connectivity index (χ3n) is 2.34. The summed E-state index contributed by atoms with van der Waals surface area (Å²) in [6.07, 6.45) is 3.66. The van der Waals surface area contributed by atoms with E-state index in [1.165, 1.54) is 0 Å². The van der Waals surface area contributed by atoms with Crippen molar-refractivity contribution in [3.8, 4) is 5.69 Å². The lowest BCUT2D eigenvalue weighted by atomic mass is 10.2. The van der Waals surface area contributed by atoms with Crippen LogP contribution >= 0.6 is 11.6 Å². The van der Waals surface area contributed by atoms with Gasteiger partial charge in [-0.2, -0.15) is 0 Å². The van der Waals surface area contributed by atoms with E-state index in [4.69, 9.17) is 11.6 Å². The monoisotopic (exact) mass is 235 g/mol. The van der Waals surface area contributed by atoms with Crippen molar-refractivity contribution in [3.05, 3.63) is 41.2 Å². The number of halogens is 1. The van der Waals surface area contributed by atoms with Crippen LogP contribution in [0, 0.1) is 6.92 Å². The molecule has 0 radical (unpaired) electrons. The van der Waals surface area contributed by atoms with Crippen molar-refractivity contribution in [1.29, 1.82) is 0 Å². The first kappa shape index (κ1) is 11.0. The Hall–Kier alpha value is -1.48. The molecular weight excluding hydrogens is 222 g/mol. The van der Waals surface area contributed by atoms with Gasteiger partial charge in [0.05, 0.1) is 10.7 Å². The molecule has 0 amide bonds. The summed E-state index contributed by atoms with van der Waals surface area (Å²) in [5.74, 6) is 0.813. The molecule has 0 fully saturated rings. The highest BCUT2D eigenvalue weighted by molar-refractivity contribution is 6.32. The Balaban J connectivity index is 2.46. The Morgan fingerprint density at radius 1 is 1.44 bits per heavy atom. The van der Waals surface area contributed by atoms with Crippen LogP contribution in [-0.4, -0.2) is 16.1 Å². The highest BCUT2D eigenvalue weighted by Crippen LogP contribution is 2.24. The normalized spacial score (nSPS) is 10.4. The smallest absolute Gasteiger partial charge is 0.207 e. The molecule has 0 aliphatic rings. The fourth-order valence-electron chi connectivity index (χ4n) is 1.59. The zero-order chi connectivity index (χ0) is 11.5. The number of benzene rings is 1. The van der Waals surface area contributed by atoms with E-state index in [-0.39, 0.29) is 0 Å². The number of hydrogen-bond donors (Lipinski definition) is 1. The van der Waals surface area contributed by atoms with Crippen LogP contribution in [0.25, 0.3) is 5.69 Å². The molecule has 4 heteroatoms. The Kier molecular flexibility index (Phi) is 3.15. The van der Waals surface area contributed by atoms with Gasteiger partial charge in [0.15, 0.2) is 0 Å². The molecule has 0 saturated heterocycles. The van der Waals surface area contributed by atoms with Crippen LogP contribution in [0.3, 0.4) is 0 Å². The van der Waals surface area contributed by atoms with Gasteiger partial charge in [0.25, 0.3) is 0 Å². The van der Waals surface area contributed by atoms with Crippen LogP contribution in [-0.2, 0) is 0 Å². The third kappa shape index (κ3) is 2.04. The van der Waals surface area contributed by atoms with Gasteiger partial charge in [0, 0.05) is 18.9 Å². The van der Waals surface area contributed by atoms with E-state index in [9.17, 15) is 0 Å². The average molecular weight is 236 g/mol. The van der Waals surface area contributed by atoms with Gasteiger partial charge in [-0.25, -0.2) is 4.98 Å². The van der Waals surface area contributed by atoms with E-state index in [0.717, 1.165) is 28.8 Å². The third-order valence-corrected chi connectivity index (χ3v) is 2.64. The quantitative estimate of drug-likeness (QED) is 0.885. The predicted molar refractivity (Wildman–Crippen MR) is 67.5 cm³/mol. The summed E-state index contributed by atoms with van der Waals surface area (Å²) in [6, 6.07) is 5.99. The molecule has 1 heterocycles. The maximum Gasteiger partial charge on any atom is 0.207 e. The first-order valence-corrected chi connectivity index (χ1v) is 5.64. The van der Waals surface area contributed by atoms with Crippen molar-refractivity contribution in [2.75, 3.05) is 11.9 Å². The maximum atomic E-state index is 6.22. The van der Waals surface area contributed by atoms with Gasteiger partial charge < -0.3 is 5.32 Å². The summed E-state index contributed by atoms with van der Waals surface area (Å²) < 4.78 is 1.95. The van der Waals surface area contributed by atoms with E-state index < -0.39 is 0 Å². The zero-order valence-electron chi connectivity index (χ0n) is 9.37. The highest BCUT2D eigenvalue weighted by atomic mass is 35.5. The van der Waals surface area contributed by atoms with E-state index in [0.29, 0.717) is 0 Å². The second-order valence-corrected chi connectivity index (χ2v) is 4.01. The number of hydrogen-bond acceptors (Lipinski definition) is 2. The van der Waals surface area contributed by atoms with Gasteiger partial charge >= 0.3 is 0 Å². The van der Waals surface area contributed by atoms with E-state index in [1.54, 1.807) is 6.20 Å². The van der Waals surface area contributed by atoms with Gasteiger partial charge in [-0.05, 0) is 31.5 Å². The SMILES string of the molecule is CCNc1nccn1-c1ccc(C)cc1Cl. The topological polar surface area (TPSA) is 29.9 Å². The van der Waals surface area contributed by atoms with E-state index >= 15 is 0 Å². The average Bonchev–Trinajstić information content (AvgIpc) is 2.67. The lowest BCUT2D eigenvalue weighted by Gasteiger charge is -2.10. The first-order valence-electron chi connectivity index (χ1n) is 5.26. The summed E-state index contributed by atoms with van der Waals surface area (Å²) in [5.41, 5.74) is 2.10. The van der Waals surface area contributed by atoms with Gasteiger partial charge in [-0.15, -0.1) is 0 Å². The fourth-order valence-corrected chi connectivity index (χ4v) is 1.92. The molecule has 1 aromatic heterocycles. The van der Waals surface area contributed by atoms with Crippen molar-refractivity contribution in [3.63, 3.8) is 0 Å². The second kappa shape index (κ2) is 4.58. The molecular formula is C12H14ClN3. The number of imidazole rings is 1. The first-order chi connectivity index (χ1) is 7.72. The molecule has 0 unspecified atom stereocenters. The summed E-state index contributed by atoms with van der Waals surface area (Å²) in [5, 5.41) is 3.92. The molecule has 2 rings (SSSR count). The van der Waals surface area contributed by atoms with E-state index in [2.05, 4.69) is 10.3 Å². The molecule has 1 aromatic carbocycles. The Labute approximate surface area is 100 Å². The van der Waals surface area contributed by atoms with Crippen molar-refractivity contribution in [2.45, 2.75) is 13.8 Å². The number of aryl methyl sites for hydroxylation is 1. The summed E-state index contributed by atoms with van der Waals surface area (Å²) in [4.78, 5) is 4.24. The fraction of sp³-hybridized carbons (Fsp3) is 0.250. The molecule has 0 bridgehead atoms. The molecule has 0 aliphatic carbocycles. The number of anilines is 1. The Bertz CT molecular complexity index is 491. The molecule has 0 saturated carbocycles. The number of nitrogens with one attached hydrogen (secondary N) is 1. The van der Waals surface area contributed by atoms with E-state index in [1.807, 2.05) is 42.8 Å². The molecule has 3 nitrogen and oxygen atoms in total. The molecule has 84 valence electrons. The second-order valence-electron chi connectivity index (χ2n) is 3.61.